The van der Waals surface area contributed by atoms with Gasteiger partial charge in [0.05, 0.1) is 12.6 Å². The zero-order valence-electron chi connectivity index (χ0n) is 20.8. The molecule has 3 heterocycles. The maximum atomic E-state index is 12.9. The topological polar surface area (TPSA) is 50.8 Å². The monoisotopic (exact) mass is 462 g/mol. The molecule has 4 aliphatic rings. The molecule has 2 aromatic carbocycles. The van der Waals surface area contributed by atoms with Crippen molar-refractivity contribution in [3.05, 3.63) is 53.6 Å². The summed E-state index contributed by atoms with van der Waals surface area (Å²) in [7, 11) is 0. The lowest BCUT2D eigenvalue weighted by molar-refractivity contribution is -0.0348. The first kappa shape index (κ1) is 23.2. The first-order chi connectivity index (χ1) is 16.4. The van der Waals surface area contributed by atoms with Crippen LogP contribution in [0.3, 0.4) is 0 Å². The number of amides is 1. The van der Waals surface area contributed by atoms with Crippen molar-refractivity contribution in [1.82, 2.24) is 10.2 Å². The van der Waals surface area contributed by atoms with Crippen LogP contribution in [-0.4, -0.2) is 43.3 Å². The van der Waals surface area contributed by atoms with Crippen molar-refractivity contribution in [2.45, 2.75) is 65.0 Å². The van der Waals surface area contributed by atoms with Gasteiger partial charge in [0.25, 0.3) is 0 Å². The van der Waals surface area contributed by atoms with E-state index in [0.29, 0.717) is 5.92 Å². The van der Waals surface area contributed by atoms with Crippen LogP contribution in [-0.2, 0) is 11.2 Å². The van der Waals surface area contributed by atoms with E-state index >= 15 is 0 Å². The lowest BCUT2D eigenvalue weighted by Crippen LogP contribution is -2.53. The second-order valence-corrected chi connectivity index (χ2v) is 11.0. The zero-order valence-corrected chi connectivity index (χ0v) is 20.8. The van der Waals surface area contributed by atoms with Gasteiger partial charge in [-0.05, 0) is 84.5 Å². The molecule has 34 heavy (non-hydrogen) atoms. The Bertz CT molecular complexity index is 1030. The fraction of sp³-hybridized carbons (Fsp3) is 0.552. The van der Waals surface area contributed by atoms with Crippen molar-refractivity contribution >= 4 is 6.09 Å². The molecule has 0 saturated carbocycles. The van der Waals surface area contributed by atoms with E-state index in [1.165, 1.54) is 16.7 Å². The molecule has 2 atom stereocenters. The van der Waals surface area contributed by atoms with Gasteiger partial charge >= 0.3 is 6.09 Å². The van der Waals surface area contributed by atoms with E-state index in [0.717, 1.165) is 69.7 Å². The Kier molecular flexibility index (Phi) is 6.57. The minimum Gasteiger partial charge on any atom is -0.494 e. The summed E-state index contributed by atoms with van der Waals surface area (Å²) in [6, 6.07) is 14.9. The molecule has 3 fully saturated rings. The largest absolute Gasteiger partial charge is 0.494 e. The molecule has 2 aromatic rings. The van der Waals surface area contributed by atoms with Gasteiger partial charge in [0.2, 0.25) is 0 Å². The number of unbranched alkanes of at least 4 members (excludes halogenated alkanes) is 1. The number of hydrogen-bond donors (Lipinski definition) is 1. The lowest BCUT2D eigenvalue weighted by Gasteiger charge is -2.44. The molecule has 0 spiro atoms. The summed E-state index contributed by atoms with van der Waals surface area (Å²) in [6.07, 6.45) is 5.16. The van der Waals surface area contributed by atoms with Crippen LogP contribution in [0.25, 0.3) is 11.1 Å². The highest BCUT2D eigenvalue weighted by Crippen LogP contribution is 2.46. The van der Waals surface area contributed by atoms with Crippen molar-refractivity contribution in [1.29, 1.82) is 0 Å². The number of carbonyl (C=O) groups is 1. The van der Waals surface area contributed by atoms with Gasteiger partial charge in [-0.2, -0.15) is 0 Å². The van der Waals surface area contributed by atoms with Gasteiger partial charge in [0, 0.05) is 6.54 Å². The number of piperidine rings is 3. The smallest absolute Gasteiger partial charge is 0.407 e. The Morgan fingerprint density at radius 2 is 1.91 bits per heavy atom. The van der Waals surface area contributed by atoms with E-state index in [4.69, 9.17) is 9.47 Å². The van der Waals surface area contributed by atoms with Gasteiger partial charge in [-0.25, -0.2) is 4.79 Å². The standard InChI is InChI=1S/C29H38N2O3/c1-4-5-15-33-24-8-6-7-21(17-24)22-9-10-25-23(16-22)18-29(2,3)27(25)30-28(32)34-26-19-31-13-11-20(26)12-14-31/h6-10,16-17,20,26-27H,4-5,11-15,18-19H2,1-3H3,(H,30,32)/t26-,27?/m1/s1. The van der Waals surface area contributed by atoms with Gasteiger partial charge in [0.1, 0.15) is 11.9 Å². The third-order valence-corrected chi connectivity index (χ3v) is 7.93. The first-order valence-electron chi connectivity index (χ1n) is 13.0. The van der Waals surface area contributed by atoms with Crippen LogP contribution in [0.15, 0.2) is 42.5 Å². The number of ether oxygens (including phenoxy) is 2. The van der Waals surface area contributed by atoms with Crippen LogP contribution < -0.4 is 10.1 Å². The van der Waals surface area contributed by atoms with E-state index in [-0.39, 0.29) is 23.7 Å². The fourth-order valence-electron chi connectivity index (χ4n) is 5.94. The highest BCUT2D eigenvalue weighted by Gasteiger charge is 2.42. The van der Waals surface area contributed by atoms with Gasteiger partial charge in [-0.15, -0.1) is 0 Å². The summed E-state index contributed by atoms with van der Waals surface area (Å²) < 4.78 is 11.8. The SMILES string of the molecule is CCCCOc1cccc(-c2ccc3c(c2)CC(C)(C)C3NC(=O)O[C@@H]2CN3CCC2CC3)c1. The minimum atomic E-state index is -0.273. The first-order valence-corrected chi connectivity index (χ1v) is 13.0. The van der Waals surface area contributed by atoms with E-state index < -0.39 is 0 Å². The Morgan fingerprint density at radius 1 is 1.12 bits per heavy atom. The summed E-state index contributed by atoms with van der Waals surface area (Å²) in [6.45, 7) is 10.6. The average molecular weight is 463 g/mol. The van der Waals surface area contributed by atoms with Gasteiger partial charge in [0.15, 0.2) is 0 Å². The summed E-state index contributed by atoms with van der Waals surface area (Å²) in [4.78, 5) is 15.3. The quantitative estimate of drug-likeness (QED) is 0.515. The van der Waals surface area contributed by atoms with Crippen molar-refractivity contribution in [2.24, 2.45) is 11.3 Å². The number of nitrogens with zero attached hydrogens (tertiary/aromatic N) is 1. The lowest BCUT2D eigenvalue weighted by atomic mass is 9.85. The predicted molar refractivity (Wildman–Crippen MR) is 135 cm³/mol. The Morgan fingerprint density at radius 3 is 2.65 bits per heavy atom. The molecule has 0 aromatic heterocycles. The third kappa shape index (κ3) is 4.81. The molecular formula is C29H38N2O3. The molecule has 1 unspecified atom stereocenters. The zero-order chi connectivity index (χ0) is 23.7. The molecule has 1 N–H and O–H groups in total. The summed E-state index contributed by atoms with van der Waals surface area (Å²) >= 11 is 0. The maximum absolute atomic E-state index is 12.9. The summed E-state index contributed by atoms with van der Waals surface area (Å²) in [5, 5.41) is 3.23. The third-order valence-electron chi connectivity index (χ3n) is 7.93. The number of benzene rings is 2. The van der Waals surface area contributed by atoms with Crippen molar-refractivity contribution in [2.75, 3.05) is 26.2 Å². The molecule has 1 aliphatic carbocycles. The van der Waals surface area contributed by atoms with Crippen molar-refractivity contribution < 1.29 is 14.3 Å². The number of nitrogens with one attached hydrogen (secondary N) is 1. The molecular weight excluding hydrogens is 424 g/mol. The molecule has 5 heteroatoms. The number of fused-ring (bicyclic) bond motifs is 4. The highest BCUT2D eigenvalue weighted by molar-refractivity contribution is 5.70. The molecule has 2 bridgehead atoms. The Balaban J connectivity index is 1.29. The van der Waals surface area contributed by atoms with Crippen LogP contribution in [0.1, 0.15) is 63.6 Å². The van der Waals surface area contributed by atoms with Crippen LogP contribution in [0.5, 0.6) is 5.75 Å². The highest BCUT2D eigenvalue weighted by atomic mass is 16.6. The molecule has 3 aliphatic heterocycles. The van der Waals surface area contributed by atoms with Crippen LogP contribution in [0.2, 0.25) is 0 Å². The molecule has 182 valence electrons. The van der Waals surface area contributed by atoms with Gasteiger partial charge in [-0.3, -0.25) is 4.90 Å². The van der Waals surface area contributed by atoms with Crippen LogP contribution >= 0.6 is 0 Å². The molecule has 3 saturated heterocycles. The fourth-order valence-corrected chi connectivity index (χ4v) is 5.94. The van der Waals surface area contributed by atoms with Crippen molar-refractivity contribution in [3.8, 4) is 16.9 Å². The van der Waals surface area contributed by atoms with Crippen LogP contribution in [0.4, 0.5) is 4.79 Å². The summed E-state index contributed by atoms with van der Waals surface area (Å²) in [5.74, 6) is 1.44. The van der Waals surface area contributed by atoms with E-state index in [1.807, 2.05) is 6.07 Å². The predicted octanol–water partition coefficient (Wildman–Crippen LogP) is 5.98. The number of carbonyl (C=O) groups excluding carboxylic acids is 1. The van der Waals surface area contributed by atoms with Gasteiger partial charge < -0.3 is 14.8 Å². The number of hydrogen-bond acceptors (Lipinski definition) is 4. The Labute approximate surface area is 203 Å². The second kappa shape index (κ2) is 9.61. The molecule has 0 radical (unpaired) electrons. The van der Waals surface area contributed by atoms with E-state index in [9.17, 15) is 4.79 Å². The maximum Gasteiger partial charge on any atom is 0.407 e. The van der Waals surface area contributed by atoms with E-state index in [1.54, 1.807) is 0 Å². The average Bonchev–Trinajstić information content (AvgIpc) is 3.08. The Hall–Kier alpha value is -2.53. The summed E-state index contributed by atoms with van der Waals surface area (Å²) in [5.41, 5.74) is 4.78. The van der Waals surface area contributed by atoms with Crippen LogP contribution in [0, 0.1) is 11.3 Å². The van der Waals surface area contributed by atoms with Gasteiger partial charge in [-0.1, -0.05) is 57.5 Å². The molecule has 5 nitrogen and oxygen atoms in total. The minimum absolute atomic E-state index is 0.0284. The number of rotatable bonds is 7. The molecule has 6 rings (SSSR count). The molecule has 1 amide bonds. The second-order valence-electron chi connectivity index (χ2n) is 11.0. The normalized spacial score (nSPS) is 26.7. The van der Waals surface area contributed by atoms with E-state index in [2.05, 4.69) is 67.4 Å². The number of alkyl carbamates (subject to hydrolysis) is 1. The van der Waals surface area contributed by atoms with Crippen molar-refractivity contribution in [3.63, 3.8) is 0 Å².